The van der Waals surface area contributed by atoms with Crippen LogP contribution in [-0.4, -0.2) is 45.0 Å². The first-order valence-electron chi connectivity index (χ1n) is 7.49. The zero-order valence-corrected chi connectivity index (χ0v) is 12.5. The number of rotatable bonds is 6. The Balaban J connectivity index is 1.76. The number of ether oxygens (including phenoxy) is 1. The Morgan fingerprint density at radius 1 is 1.50 bits per heavy atom. The Morgan fingerprint density at radius 2 is 2.27 bits per heavy atom. The molecule has 0 aromatic heterocycles. The Bertz CT molecular complexity index is 560. The molecule has 6 nitrogen and oxygen atoms in total. The number of methoxy groups -OCH3 is 1. The van der Waals surface area contributed by atoms with Crippen LogP contribution < -0.4 is 10.2 Å². The molecule has 1 N–H and O–H groups in total. The number of hydrogen-bond acceptors (Lipinski definition) is 4. The van der Waals surface area contributed by atoms with Crippen molar-refractivity contribution in [2.75, 3.05) is 31.8 Å². The standard InChI is InChI=1S/C15H20FN5O/c1-22-15(14(7-16)19-20-17)10-2-4-12(5-3-10)21-9-11-6-13(21)8-18-11/h2-5,11,13-15,18H,6-9H2,1H3/t11?,13?,14-,15-/m1/s1. The summed E-state index contributed by atoms with van der Waals surface area (Å²) in [4.78, 5) is 5.11. The first-order chi connectivity index (χ1) is 10.8. The highest BCUT2D eigenvalue weighted by Gasteiger charge is 2.37. The fourth-order valence-electron chi connectivity index (χ4n) is 3.49. The smallest absolute Gasteiger partial charge is 0.101 e. The fraction of sp³-hybridized carbons (Fsp3) is 0.600. The summed E-state index contributed by atoms with van der Waals surface area (Å²) >= 11 is 0. The van der Waals surface area contributed by atoms with Crippen molar-refractivity contribution >= 4 is 5.69 Å². The van der Waals surface area contributed by atoms with Gasteiger partial charge in [0.05, 0.1) is 12.1 Å². The van der Waals surface area contributed by atoms with Gasteiger partial charge in [-0.15, -0.1) is 0 Å². The number of fused-ring (bicyclic) bond motifs is 2. The number of halogens is 1. The number of benzene rings is 1. The normalized spacial score (nSPS) is 25.8. The predicted octanol–water partition coefficient (Wildman–Crippen LogP) is 2.57. The molecule has 1 aromatic carbocycles. The second kappa shape index (κ2) is 6.52. The molecular formula is C15H20FN5O. The molecule has 118 valence electrons. The maximum Gasteiger partial charge on any atom is 0.101 e. The first-order valence-corrected chi connectivity index (χ1v) is 7.49. The second-order valence-electron chi connectivity index (χ2n) is 5.82. The van der Waals surface area contributed by atoms with Gasteiger partial charge in [0, 0.05) is 42.9 Å². The molecule has 0 radical (unpaired) electrons. The minimum Gasteiger partial charge on any atom is -0.376 e. The molecule has 3 rings (SSSR count). The average Bonchev–Trinajstić information content (AvgIpc) is 3.18. The Kier molecular flexibility index (Phi) is 4.47. The van der Waals surface area contributed by atoms with Crippen LogP contribution in [0.5, 0.6) is 0 Å². The lowest BCUT2D eigenvalue weighted by atomic mass is 10.0. The summed E-state index contributed by atoms with van der Waals surface area (Å²) in [7, 11) is 1.50. The van der Waals surface area contributed by atoms with Crippen LogP contribution in [-0.2, 0) is 4.74 Å². The van der Waals surface area contributed by atoms with Crippen LogP contribution in [0.3, 0.4) is 0 Å². The topological polar surface area (TPSA) is 73.3 Å². The van der Waals surface area contributed by atoms with Gasteiger partial charge >= 0.3 is 0 Å². The van der Waals surface area contributed by atoms with E-state index in [1.807, 2.05) is 24.3 Å². The zero-order chi connectivity index (χ0) is 15.5. The van der Waals surface area contributed by atoms with Gasteiger partial charge in [-0.3, -0.25) is 4.39 Å². The molecule has 7 heteroatoms. The number of nitrogens with one attached hydrogen (secondary N) is 1. The van der Waals surface area contributed by atoms with E-state index in [1.165, 1.54) is 19.2 Å². The molecular weight excluding hydrogens is 285 g/mol. The molecule has 2 heterocycles. The minimum absolute atomic E-state index is 0.563. The van der Waals surface area contributed by atoms with E-state index >= 15 is 0 Å². The maximum atomic E-state index is 13.0. The molecule has 2 saturated heterocycles. The van der Waals surface area contributed by atoms with Gasteiger partial charge in [0.1, 0.15) is 6.67 Å². The molecule has 0 aliphatic carbocycles. The fourth-order valence-corrected chi connectivity index (χ4v) is 3.49. The number of hydrogen-bond donors (Lipinski definition) is 1. The monoisotopic (exact) mass is 305 g/mol. The van der Waals surface area contributed by atoms with Crippen molar-refractivity contribution in [3.05, 3.63) is 40.3 Å². The molecule has 2 aliphatic heterocycles. The van der Waals surface area contributed by atoms with Crippen molar-refractivity contribution in [1.82, 2.24) is 5.32 Å². The van der Waals surface area contributed by atoms with Crippen molar-refractivity contribution in [1.29, 1.82) is 0 Å². The number of anilines is 1. The van der Waals surface area contributed by atoms with Crippen LogP contribution in [0.15, 0.2) is 29.4 Å². The lowest BCUT2D eigenvalue weighted by Gasteiger charge is -2.30. The van der Waals surface area contributed by atoms with E-state index in [0.29, 0.717) is 12.1 Å². The van der Waals surface area contributed by atoms with Crippen LogP contribution in [0.4, 0.5) is 10.1 Å². The highest BCUT2D eigenvalue weighted by atomic mass is 19.1. The highest BCUT2D eigenvalue weighted by molar-refractivity contribution is 5.51. The van der Waals surface area contributed by atoms with Gasteiger partial charge in [0.25, 0.3) is 0 Å². The van der Waals surface area contributed by atoms with Crippen molar-refractivity contribution in [2.24, 2.45) is 5.11 Å². The lowest BCUT2D eigenvalue weighted by Crippen LogP contribution is -2.43. The molecule has 22 heavy (non-hydrogen) atoms. The SMILES string of the molecule is CO[C@H](c1ccc(N2CC3CC2CN3)cc1)[C@@H](CF)N=[N+]=[N-]. The number of azide groups is 1. The third-order valence-electron chi connectivity index (χ3n) is 4.57. The third-order valence-corrected chi connectivity index (χ3v) is 4.57. The number of nitrogens with zero attached hydrogens (tertiary/aromatic N) is 4. The summed E-state index contributed by atoms with van der Waals surface area (Å²) in [6.45, 7) is 1.32. The highest BCUT2D eigenvalue weighted by Crippen LogP contribution is 2.31. The molecule has 2 bridgehead atoms. The predicted molar refractivity (Wildman–Crippen MR) is 82.6 cm³/mol. The molecule has 4 atom stereocenters. The van der Waals surface area contributed by atoms with Crippen LogP contribution in [0.2, 0.25) is 0 Å². The van der Waals surface area contributed by atoms with Crippen LogP contribution >= 0.6 is 0 Å². The number of alkyl halides is 1. The van der Waals surface area contributed by atoms with Gasteiger partial charge in [-0.2, -0.15) is 0 Å². The van der Waals surface area contributed by atoms with Crippen LogP contribution in [0, 0.1) is 0 Å². The minimum atomic E-state index is -0.840. The molecule has 0 saturated carbocycles. The van der Waals surface area contributed by atoms with E-state index in [9.17, 15) is 4.39 Å². The van der Waals surface area contributed by atoms with E-state index in [2.05, 4.69) is 20.2 Å². The van der Waals surface area contributed by atoms with E-state index < -0.39 is 18.8 Å². The van der Waals surface area contributed by atoms with Crippen molar-refractivity contribution in [3.8, 4) is 0 Å². The number of piperazine rings is 1. The summed E-state index contributed by atoms with van der Waals surface area (Å²) in [6.07, 6.45) is 0.634. The van der Waals surface area contributed by atoms with Crippen LogP contribution in [0.25, 0.3) is 10.4 Å². The Labute approximate surface area is 128 Å². The van der Waals surface area contributed by atoms with E-state index in [1.54, 1.807) is 0 Å². The summed E-state index contributed by atoms with van der Waals surface area (Å²) < 4.78 is 18.4. The van der Waals surface area contributed by atoms with Crippen LogP contribution in [0.1, 0.15) is 18.1 Å². The van der Waals surface area contributed by atoms with Crippen molar-refractivity contribution in [3.63, 3.8) is 0 Å². The van der Waals surface area contributed by atoms with Gasteiger partial charge in [-0.1, -0.05) is 17.2 Å². The summed E-state index contributed by atoms with van der Waals surface area (Å²) in [6, 6.07) is 8.25. The molecule has 2 unspecified atom stereocenters. The average molecular weight is 305 g/mol. The summed E-state index contributed by atoms with van der Waals surface area (Å²) in [5.74, 6) is 0. The van der Waals surface area contributed by atoms with Crippen molar-refractivity contribution in [2.45, 2.75) is 30.7 Å². The van der Waals surface area contributed by atoms with Crippen molar-refractivity contribution < 1.29 is 9.13 Å². The first kappa shape index (κ1) is 15.1. The van der Waals surface area contributed by atoms with Gasteiger partial charge in [-0.25, -0.2) is 0 Å². The summed E-state index contributed by atoms with van der Waals surface area (Å²) in [5.41, 5.74) is 10.5. The molecule has 0 amide bonds. The Morgan fingerprint density at radius 3 is 2.77 bits per heavy atom. The third kappa shape index (κ3) is 2.75. The second-order valence-corrected chi connectivity index (χ2v) is 5.82. The summed E-state index contributed by atoms with van der Waals surface area (Å²) in [5, 5.41) is 6.96. The van der Waals surface area contributed by atoms with Gasteiger partial charge in [0.15, 0.2) is 0 Å². The molecule has 0 spiro atoms. The largest absolute Gasteiger partial charge is 0.376 e. The van der Waals surface area contributed by atoms with E-state index in [4.69, 9.17) is 10.3 Å². The quantitative estimate of drug-likeness (QED) is 0.499. The zero-order valence-electron chi connectivity index (χ0n) is 12.5. The molecule has 2 fully saturated rings. The van der Waals surface area contributed by atoms with E-state index in [0.717, 1.165) is 18.7 Å². The van der Waals surface area contributed by atoms with E-state index in [-0.39, 0.29) is 0 Å². The molecule has 2 aliphatic rings. The van der Waals surface area contributed by atoms with Gasteiger partial charge in [0.2, 0.25) is 0 Å². The molecule has 1 aromatic rings. The lowest BCUT2D eigenvalue weighted by molar-refractivity contribution is 0.0722. The Hall–Kier alpha value is -1.82. The maximum absolute atomic E-state index is 13.0. The van der Waals surface area contributed by atoms with Gasteiger partial charge < -0.3 is 15.0 Å². The van der Waals surface area contributed by atoms with Gasteiger partial charge in [-0.05, 0) is 29.6 Å².